The molecule has 26 heavy (non-hydrogen) atoms. The second kappa shape index (κ2) is 8.13. The molecule has 2 rings (SSSR count). The van der Waals surface area contributed by atoms with Crippen molar-refractivity contribution in [2.45, 2.75) is 6.92 Å². The first-order valence-electron chi connectivity index (χ1n) is 8.09. The van der Waals surface area contributed by atoms with Gasteiger partial charge in [-0.25, -0.2) is 13.2 Å². The van der Waals surface area contributed by atoms with Crippen LogP contribution >= 0.6 is 11.6 Å². The van der Waals surface area contributed by atoms with E-state index in [9.17, 15) is 18.0 Å². The van der Waals surface area contributed by atoms with E-state index in [2.05, 4.69) is 0 Å². The number of hydrogen-bond donors (Lipinski definition) is 0. The van der Waals surface area contributed by atoms with Gasteiger partial charge in [0.1, 0.15) is 0 Å². The molecule has 0 radical (unpaired) electrons. The van der Waals surface area contributed by atoms with Gasteiger partial charge in [0, 0.05) is 33.2 Å². The Morgan fingerprint density at radius 3 is 2.27 bits per heavy atom. The smallest absolute Gasteiger partial charge is 0.409 e. The summed E-state index contributed by atoms with van der Waals surface area (Å²) < 4.78 is 29.3. The lowest BCUT2D eigenvalue weighted by atomic mass is 10.1. The van der Waals surface area contributed by atoms with Crippen LogP contribution in [0.3, 0.4) is 0 Å². The lowest BCUT2D eigenvalue weighted by molar-refractivity contribution is 0.0570. The molecule has 2 amide bonds. The number of ether oxygens (including phenoxy) is 1. The van der Waals surface area contributed by atoms with Crippen LogP contribution in [-0.2, 0) is 14.8 Å². The minimum atomic E-state index is -3.42. The van der Waals surface area contributed by atoms with Gasteiger partial charge >= 0.3 is 6.09 Å². The summed E-state index contributed by atoms with van der Waals surface area (Å²) in [5.74, 6) is -0.257. The van der Waals surface area contributed by atoms with Gasteiger partial charge in [-0.15, -0.1) is 0 Å². The Morgan fingerprint density at radius 2 is 1.77 bits per heavy atom. The Balaban J connectivity index is 2.08. The average molecular weight is 404 g/mol. The standard InChI is InChI=1S/C16H22ClN3O5S/c1-4-25-16(22)20-9-7-19(8-10-20)15(21)13-6-5-12(11-14(13)17)18(2)26(3,23)24/h5-6,11H,4,7-10H2,1-3H3. The highest BCUT2D eigenvalue weighted by Crippen LogP contribution is 2.26. The van der Waals surface area contributed by atoms with Crippen molar-refractivity contribution < 1.29 is 22.7 Å². The Kier molecular flexibility index (Phi) is 6.35. The molecule has 1 aliphatic rings. The van der Waals surface area contributed by atoms with Crippen molar-refractivity contribution in [3.63, 3.8) is 0 Å². The Bertz CT molecular complexity index is 791. The minimum Gasteiger partial charge on any atom is -0.450 e. The fourth-order valence-electron chi connectivity index (χ4n) is 2.54. The SMILES string of the molecule is CCOC(=O)N1CCN(C(=O)c2ccc(N(C)S(C)(=O)=O)cc2Cl)CC1. The molecule has 0 N–H and O–H groups in total. The Hall–Kier alpha value is -2.00. The molecule has 1 aromatic carbocycles. The van der Waals surface area contributed by atoms with E-state index in [1.807, 2.05) is 0 Å². The molecule has 0 atom stereocenters. The number of hydrogen-bond acceptors (Lipinski definition) is 5. The third kappa shape index (κ3) is 4.59. The highest BCUT2D eigenvalue weighted by Gasteiger charge is 2.27. The van der Waals surface area contributed by atoms with Crippen LogP contribution in [0.2, 0.25) is 5.02 Å². The fourth-order valence-corrected chi connectivity index (χ4v) is 3.29. The maximum Gasteiger partial charge on any atom is 0.409 e. The summed E-state index contributed by atoms with van der Waals surface area (Å²) in [6.45, 7) is 3.57. The Morgan fingerprint density at radius 1 is 1.19 bits per heavy atom. The first-order chi connectivity index (χ1) is 12.1. The summed E-state index contributed by atoms with van der Waals surface area (Å²) in [5, 5.41) is 0.177. The van der Waals surface area contributed by atoms with E-state index in [4.69, 9.17) is 16.3 Å². The number of sulfonamides is 1. The molecular formula is C16H22ClN3O5S. The monoisotopic (exact) mass is 403 g/mol. The van der Waals surface area contributed by atoms with Crippen molar-refractivity contribution in [1.29, 1.82) is 0 Å². The van der Waals surface area contributed by atoms with Gasteiger partial charge in [-0.05, 0) is 25.1 Å². The number of amides is 2. The molecule has 0 saturated carbocycles. The number of carbonyl (C=O) groups is 2. The van der Waals surface area contributed by atoms with Gasteiger partial charge in [0.05, 0.1) is 29.1 Å². The molecule has 0 spiro atoms. The summed E-state index contributed by atoms with van der Waals surface area (Å²) in [7, 11) is -2.00. The van der Waals surface area contributed by atoms with Gasteiger partial charge in [-0.1, -0.05) is 11.6 Å². The molecule has 8 nitrogen and oxygen atoms in total. The van der Waals surface area contributed by atoms with Crippen molar-refractivity contribution in [3.05, 3.63) is 28.8 Å². The van der Waals surface area contributed by atoms with Gasteiger partial charge in [0.15, 0.2) is 0 Å². The molecular weight excluding hydrogens is 382 g/mol. The van der Waals surface area contributed by atoms with E-state index in [1.54, 1.807) is 16.7 Å². The molecule has 1 aliphatic heterocycles. The summed E-state index contributed by atoms with van der Waals surface area (Å²) in [5.41, 5.74) is 0.670. The topological polar surface area (TPSA) is 87.2 Å². The van der Waals surface area contributed by atoms with Crippen molar-refractivity contribution in [1.82, 2.24) is 9.80 Å². The number of benzene rings is 1. The lowest BCUT2D eigenvalue weighted by Crippen LogP contribution is -2.50. The van der Waals surface area contributed by atoms with E-state index in [1.165, 1.54) is 25.2 Å². The lowest BCUT2D eigenvalue weighted by Gasteiger charge is -2.34. The van der Waals surface area contributed by atoms with E-state index in [-0.39, 0.29) is 17.0 Å². The maximum atomic E-state index is 12.7. The van der Waals surface area contributed by atoms with Gasteiger partial charge in [-0.3, -0.25) is 9.10 Å². The third-order valence-corrected chi connectivity index (χ3v) is 5.66. The van der Waals surface area contributed by atoms with E-state index in [0.717, 1.165) is 10.6 Å². The van der Waals surface area contributed by atoms with Crippen LogP contribution in [-0.4, -0.2) is 76.3 Å². The maximum absolute atomic E-state index is 12.7. The number of piperazine rings is 1. The highest BCUT2D eigenvalue weighted by molar-refractivity contribution is 7.92. The summed E-state index contributed by atoms with van der Waals surface area (Å²) >= 11 is 6.20. The first-order valence-corrected chi connectivity index (χ1v) is 10.3. The number of carbonyl (C=O) groups excluding carboxylic acids is 2. The summed E-state index contributed by atoms with van der Waals surface area (Å²) in [6.07, 6.45) is 0.703. The normalized spacial score (nSPS) is 14.9. The molecule has 1 fully saturated rings. The van der Waals surface area contributed by atoms with E-state index >= 15 is 0 Å². The highest BCUT2D eigenvalue weighted by atomic mass is 35.5. The number of halogens is 1. The predicted octanol–water partition coefficient (Wildman–Crippen LogP) is 1.65. The van der Waals surface area contributed by atoms with Gasteiger partial charge in [0.25, 0.3) is 5.91 Å². The molecule has 1 aromatic rings. The number of anilines is 1. The molecule has 144 valence electrons. The van der Waals surface area contributed by atoms with Crippen LogP contribution < -0.4 is 4.31 Å². The number of nitrogens with zero attached hydrogens (tertiary/aromatic N) is 3. The van der Waals surface area contributed by atoms with Crippen LogP contribution in [0.1, 0.15) is 17.3 Å². The molecule has 10 heteroatoms. The summed E-state index contributed by atoms with van der Waals surface area (Å²) in [4.78, 5) is 27.5. The molecule has 0 aliphatic carbocycles. The van der Waals surface area contributed by atoms with Crippen LogP contribution in [0.5, 0.6) is 0 Å². The second-order valence-electron chi connectivity index (χ2n) is 5.87. The van der Waals surface area contributed by atoms with Gasteiger partial charge in [0.2, 0.25) is 10.0 Å². The van der Waals surface area contributed by atoms with Crippen molar-refractivity contribution in [2.75, 3.05) is 50.4 Å². The minimum absolute atomic E-state index is 0.177. The van der Waals surface area contributed by atoms with Crippen LogP contribution in [0.4, 0.5) is 10.5 Å². The second-order valence-corrected chi connectivity index (χ2v) is 8.29. The van der Waals surface area contributed by atoms with Crippen molar-refractivity contribution >= 4 is 39.3 Å². The predicted molar refractivity (Wildman–Crippen MR) is 99.2 cm³/mol. The first kappa shape index (κ1) is 20.3. The summed E-state index contributed by atoms with van der Waals surface area (Å²) in [6, 6.07) is 4.50. The molecule has 1 heterocycles. The fraction of sp³-hybridized carbons (Fsp3) is 0.500. The van der Waals surface area contributed by atoms with Crippen molar-refractivity contribution in [3.8, 4) is 0 Å². The largest absolute Gasteiger partial charge is 0.450 e. The number of rotatable bonds is 4. The Labute approximate surface area is 158 Å². The van der Waals surface area contributed by atoms with Crippen LogP contribution in [0.15, 0.2) is 18.2 Å². The average Bonchev–Trinajstić information content (AvgIpc) is 2.60. The zero-order chi connectivity index (χ0) is 19.5. The van der Waals surface area contributed by atoms with Gasteiger partial charge < -0.3 is 14.5 Å². The molecule has 0 bridgehead atoms. The van der Waals surface area contributed by atoms with Crippen molar-refractivity contribution in [2.24, 2.45) is 0 Å². The zero-order valence-electron chi connectivity index (χ0n) is 14.9. The van der Waals surface area contributed by atoms with E-state index in [0.29, 0.717) is 44.0 Å². The van der Waals surface area contributed by atoms with Gasteiger partial charge in [-0.2, -0.15) is 0 Å². The quantitative estimate of drug-likeness (QED) is 0.762. The van der Waals surface area contributed by atoms with Crippen LogP contribution in [0.25, 0.3) is 0 Å². The van der Waals surface area contributed by atoms with Crippen LogP contribution in [0, 0.1) is 0 Å². The third-order valence-electron chi connectivity index (χ3n) is 4.14. The zero-order valence-corrected chi connectivity index (χ0v) is 16.5. The molecule has 0 unspecified atom stereocenters. The molecule has 0 aromatic heterocycles. The molecule has 1 saturated heterocycles. The van der Waals surface area contributed by atoms with E-state index < -0.39 is 10.0 Å².